The van der Waals surface area contributed by atoms with Crippen molar-refractivity contribution in [2.24, 2.45) is 0 Å². The summed E-state index contributed by atoms with van der Waals surface area (Å²) < 4.78 is 13.0. The zero-order valence-corrected chi connectivity index (χ0v) is 11.2. The van der Waals surface area contributed by atoms with E-state index < -0.39 is 5.82 Å². The largest absolute Gasteiger partial charge is 0.507 e. The fourth-order valence-electron chi connectivity index (χ4n) is 2.03. The molecule has 19 heavy (non-hydrogen) atoms. The molecule has 1 atom stereocenters. The van der Waals surface area contributed by atoms with Gasteiger partial charge < -0.3 is 10.4 Å². The number of anilines is 1. The first-order chi connectivity index (χ1) is 8.97. The molecule has 1 aromatic carbocycles. The molecule has 1 heterocycles. The molecule has 0 saturated heterocycles. The van der Waals surface area contributed by atoms with Gasteiger partial charge in [-0.15, -0.1) is 0 Å². The standard InChI is InChI=1S/C15H17FN2O/c1-9-4-7-14(11(3)17-9)18-10(2)13-6-5-12(16)8-15(13)19/h4-8,10,18-19H,1-3H3. The molecule has 2 rings (SSSR count). The van der Waals surface area contributed by atoms with Crippen molar-refractivity contribution in [1.29, 1.82) is 0 Å². The number of aryl methyl sites for hydroxylation is 2. The van der Waals surface area contributed by atoms with E-state index in [1.165, 1.54) is 6.07 Å². The van der Waals surface area contributed by atoms with Crippen molar-refractivity contribution in [1.82, 2.24) is 4.98 Å². The van der Waals surface area contributed by atoms with Crippen molar-refractivity contribution < 1.29 is 9.50 Å². The first-order valence-corrected chi connectivity index (χ1v) is 6.16. The van der Waals surface area contributed by atoms with Crippen LogP contribution in [0.1, 0.15) is 29.9 Å². The van der Waals surface area contributed by atoms with E-state index >= 15 is 0 Å². The molecule has 2 aromatic rings. The van der Waals surface area contributed by atoms with Crippen molar-refractivity contribution >= 4 is 5.69 Å². The zero-order valence-electron chi connectivity index (χ0n) is 11.2. The van der Waals surface area contributed by atoms with Crippen LogP contribution in [0.15, 0.2) is 30.3 Å². The second-order valence-corrected chi connectivity index (χ2v) is 4.65. The van der Waals surface area contributed by atoms with Crippen LogP contribution in [-0.4, -0.2) is 10.1 Å². The molecule has 0 aliphatic rings. The number of nitrogens with one attached hydrogen (secondary N) is 1. The summed E-state index contributed by atoms with van der Waals surface area (Å²) in [6.07, 6.45) is 0. The normalized spacial score (nSPS) is 12.2. The van der Waals surface area contributed by atoms with Gasteiger partial charge in [-0.25, -0.2) is 4.39 Å². The molecule has 0 saturated carbocycles. The molecule has 1 aromatic heterocycles. The van der Waals surface area contributed by atoms with Crippen LogP contribution in [-0.2, 0) is 0 Å². The SMILES string of the molecule is Cc1ccc(NC(C)c2ccc(F)cc2O)c(C)n1. The highest BCUT2D eigenvalue weighted by atomic mass is 19.1. The van der Waals surface area contributed by atoms with Crippen molar-refractivity contribution in [2.75, 3.05) is 5.32 Å². The molecule has 1 unspecified atom stereocenters. The number of hydrogen-bond donors (Lipinski definition) is 2. The van der Waals surface area contributed by atoms with Crippen LogP contribution in [0.3, 0.4) is 0 Å². The molecule has 0 amide bonds. The lowest BCUT2D eigenvalue weighted by Crippen LogP contribution is -2.09. The summed E-state index contributed by atoms with van der Waals surface area (Å²) in [5.41, 5.74) is 3.41. The molecule has 0 bridgehead atoms. The van der Waals surface area contributed by atoms with Gasteiger partial charge >= 0.3 is 0 Å². The molecular weight excluding hydrogens is 243 g/mol. The Balaban J connectivity index is 2.23. The number of aromatic hydroxyl groups is 1. The van der Waals surface area contributed by atoms with Crippen LogP contribution < -0.4 is 5.32 Å². The fourth-order valence-corrected chi connectivity index (χ4v) is 2.03. The minimum absolute atomic E-state index is 0.0438. The van der Waals surface area contributed by atoms with Crippen molar-refractivity contribution in [2.45, 2.75) is 26.8 Å². The summed E-state index contributed by atoms with van der Waals surface area (Å²) in [5.74, 6) is -0.487. The Morgan fingerprint density at radius 1 is 1.21 bits per heavy atom. The van der Waals surface area contributed by atoms with Gasteiger partial charge in [-0.1, -0.05) is 6.07 Å². The van der Waals surface area contributed by atoms with Crippen LogP contribution in [0, 0.1) is 19.7 Å². The third kappa shape index (κ3) is 3.02. The highest BCUT2D eigenvalue weighted by molar-refractivity contribution is 5.50. The zero-order chi connectivity index (χ0) is 14.0. The van der Waals surface area contributed by atoms with E-state index in [9.17, 15) is 9.50 Å². The predicted molar refractivity (Wildman–Crippen MR) is 73.8 cm³/mol. The van der Waals surface area contributed by atoms with Gasteiger partial charge in [0.25, 0.3) is 0 Å². The number of hydrogen-bond acceptors (Lipinski definition) is 3. The number of phenols is 1. The van der Waals surface area contributed by atoms with Crippen LogP contribution in [0.4, 0.5) is 10.1 Å². The Hall–Kier alpha value is -2.10. The van der Waals surface area contributed by atoms with Crippen molar-refractivity contribution in [3.63, 3.8) is 0 Å². The van der Waals surface area contributed by atoms with Gasteiger partial charge in [-0.2, -0.15) is 0 Å². The van der Waals surface area contributed by atoms with E-state index in [1.807, 2.05) is 32.9 Å². The number of pyridine rings is 1. The van der Waals surface area contributed by atoms with Gasteiger partial charge in [0.05, 0.1) is 17.4 Å². The van der Waals surface area contributed by atoms with Gasteiger partial charge in [0.15, 0.2) is 0 Å². The lowest BCUT2D eigenvalue weighted by atomic mass is 10.1. The number of halogens is 1. The third-order valence-corrected chi connectivity index (χ3v) is 3.06. The Morgan fingerprint density at radius 3 is 2.58 bits per heavy atom. The number of rotatable bonds is 3. The lowest BCUT2D eigenvalue weighted by molar-refractivity contribution is 0.459. The number of nitrogens with zero attached hydrogens (tertiary/aromatic N) is 1. The van der Waals surface area contributed by atoms with Gasteiger partial charge in [0.2, 0.25) is 0 Å². The average Bonchev–Trinajstić information content (AvgIpc) is 2.32. The molecule has 4 heteroatoms. The molecule has 0 radical (unpaired) electrons. The average molecular weight is 260 g/mol. The minimum Gasteiger partial charge on any atom is -0.507 e. The molecule has 0 spiro atoms. The Kier molecular flexibility index (Phi) is 3.69. The molecule has 0 aliphatic heterocycles. The smallest absolute Gasteiger partial charge is 0.126 e. The van der Waals surface area contributed by atoms with Crippen LogP contribution >= 0.6 is 0 Å². The van der Waals surface area contributed by atoms with Gasteiger partial charge in [-0.05, 0) is 39.0 Å². The third-order valence-electron chi connectivity index (χ3n) is 3.06. The van der Waals surface area contributed by atoms with Gasteiger partial charge in [0.1, 0.15) is 11.6 Å². The van der Waals surface area contributed by atoms with E-state index in [4.69, 9.17) is 0 Å². The molecule has 0 fully saturated rings. The Bertz CT molecular complexity index is 599. The summed E-state index contributed by atoms with van der Waals surface area (Å²) in [5, 5.41) is 13.0. The quantitative estimate of drug-likeness (QED) is 0.884. The van der Waals surface area contributed by atoms with E-state index in [0.717, 1.165) is 23.1 Å². The predicted octanol–water partition coefficient (Wildman–Crippen LogP) is 3.72. The summed E-state index contributed by atoms with van der Waals surface area (Å²) in [7, 11) is 0. The first kappa shape index (κ1) is 13.3. The van der Waals surface area contributed by atoms with E-state index in [1.54, 1.807) is 6.07 Å². The van der Waals surface area contributed by atoms with Gasteiger partial charge in [0, 0.05) is 17.3 Å². The van der Waals surface area contributed by atoms with Crippen molar-refractivity contribution in [3.8, 4) is 5.75 Å². The van der Waals surface area contributed by atoms with Crippen LogP contribution in [0.5, 0.6) is 5.75 Å². The molecule has 2 N–H and O–H groups in total. The lowest BCUT2D eigenvalue weighted by Gasteiger charge is -2.18. The first-order valence-electron chi connectivity index (χ1n) is 6.16. The maximum Gasteiger partial charge on any atom is 0.126 e. The second-order valence-electron chi connectivity index (χ2n) is 4.65. The maximum absolute atomic E-state index is 13.0. The monoisotopic (exact) mass is 260 g/mol. The maximum atomic E-state index is 13.0. The van der Waals surface area contributed by atoms with Crippen LogP contribution in [0.25, 0.3) is 0 Å². The van der Waals surface area contributed by atoms with E-state index in [-0.39, 0.29) is 11.8 Å². The minimum atomic E-state index is -0.443. The molecule has 0 aliphatic carbocycles. The number of benzene rings is 1. The van der Waals surface area contributed by atoms with E-state index in [0.29, 0.717) is 5.56 Å². The second kappa shape index (κ2) is 5.26. The van der Waals surface area contributed by atoms with Gasteiger partial charge in [-0.3, -0.25) is 4.98 Å². The molecular formula is C15H17FN2O. The summed E-state index contributed by atoms with van der Waals surface area (Å²) >= 11 is 0. The Labute approximate surface area is 112 Å². The van der Waals surface area contributed by atoms with Crippen LogP contribution in [0.2, 0.25) is 0 Å². The summed E-state index contributed by atoms with van der Waals surface area (Å²) in [6.45, 7) is 5.77. The highest BCUT2D eigenvalue weighted by Gasteiger charge is 2.12. The molecule has 100 valence electrons. The van der Waals surface area contributed by atoms with Crippen molar-refractivity contribution in [3.05, 3.63) is 53.1 Å². The highest BCUT2D eigenvalue weighted by Crippen LogP contribution is 2.28. The summed E-state index contributed by atoms with van der Waals surface area (Å²) in [6, 6.07) is 7.78. The van der Waals surface area contributed by atoms with E-state index in [2.05, 4.69) is 10.3 Å². The fraction of sp³-hybridized carbons (Fsp3) is 0.267. The molecule has 3 nitrogen and oxygen atoms in total. The Morgan fingerprint density at radius 2 is 1.95 bits per heavy atom. The number of phenolic OH excluding ortho intramolecular Hbond substituents is 1. The topological polar surface area (TPSA) is 45.1 Å². The summed E-state index contributed by atoms with van der Waals surface area (Å²) in [4.78, 5) is 4.37. The number of aromatic nitrogens is 1.